The van der Waals surface area contributed by atoms with Gasteiger partial charge < -0.3 is 19.7 Å². The van der Waals surface area contributed by atoms with Gasteiger partial charge in [-0.2, -0.15) is 5.10 Å². The lowest BCUT2D eigenvalue weighted by Crippen LogP contribution is -2.26. The third-order valence-corrected chi connectivity index (χ3v) is 6.13. The van der Waals surface area contributed by atoms with E-state index in [4.69, 9.17) is 19.4 Å². The third kappa shape index (κ3) is 5.28. The zero-order chi connectivity index (χ0) is 23.2. The number of likely N-dealkylation sites (tertiary alicyclic amines) is 1. The summed E-state index contributed by atoms with van der Waals surface area (Å²) in [7, 11) is 1.65. The zero-order valence-electron chi connectivity index (χ0n) is 19.5. The molecular weight excluding hydrogens is 428 g/mol. The molecule has 3 heterocycles. The summed E-state index contributed by atoms with van der Waals surface area (Å²) in [6.45, 7) is 4.72. The van der Waals surface area contributed by atoms with Crippen molar-refractivity contribution >= 4 is 16.7 Å². The second-order valence-electron chi connectivity index (χ2n) is 8.46. The molecule has 5 rings (SSSR count). The summed E-state index contributed by atoms with van der Waals surface area (Å²) in [6, 6.07) is 13.9. The number of aromatic amines is 1. The highest BCUT2D eigenvalue weighted by molar-refractivity contribution is 5.92. The first-order chi connectivity index (χ1) is 16.8. The summed E-state index contributed by atoms with van der Waals surface area (Å²) in [5, 5.41) is 11.6. The van der Waals surface area contributed by atoms with Crippen molar-refractivity contribution < 1.29 is 9.47 Å². The van der Waals surface area contributed by atoms with Gasteiger partial charge in [-0.05, 0) is 55.8 Å². The molecule has 2 aromatic carbocycles. The second-order valence-corrected chi connectivity index (χ2v) is 8.46. The number of fused-ring (bicyclic) bond motifs is 1. The van der Waals surface area contributed by atoms with Crippen LogP contribution in [0.25, 0.3) is 22.0 Å². The molecule has 176 valence electrons. The van der Waals surface area contributed by atoms with E-state index in [0.717, 1.165) is 58.3 Å². The standard InChI is InChI=1S/C26H30N6O2/c1-33-21-5-4-6-22(16-21)34-14-9-25-30-24-8-7-19(20-17-28-29-18-20)15-23(24)26(31-25)27-10-13-32-11-2-3-12-32/h4-8,15-18H,2-3,9-14H2,1H3,(H,28,29)(H,27,30,31). The fraction of sp³-hybridized carbons (Fsp3) is 0.346. The summed E-state index contributed by atoms with van der Waals surface area (Å²) in [5.74, 6) is 3.17. The van der Waals surface area contributed by atoms with Crippen molar-refractivity contribution in [2.45, 2.75) is 19.3 Å². The van der Waals surface area contributed by atoms with Crippen LogP contribution in [0.2, 0.25) is 0 Å². The highest BCUT2D eigenvalue weighted by atomic mass is 16.5. The van der Waals surface area contributed by atoms with Crippen molar-refractivity contribution in [3.63, 3.8) is 0 Å². The van der Waals surface area contributed by atoms with Gasteiger partial charge in [-0.1, -0.05) is 12.1 Å². The van der Waals surface area contributed by atoms with E-state index in [1.807, 2.05) is 36.7 Å². The van der Waals surface area contributed by atoms with Gasteiger partial charge in [0.1, 0.15) is 23.1 Å². The molecule has 1 fully saturated rings. The van der Waals surface area contributed by atoms with Gasteiger partial charge in [0.15, 0.2) is 0 Å². The lowest BCUT2D eigenvalue weighted by molar-refractivity contribution is 0.316. The maximum Gasteiger partial charge on any atom is 0.137 e. The van der Waals surface area contributed by atoms with Gasteiger partial charge in [0.25, 0.3) is 0 Å². The predicted octanol–water partition coefficient (Wildman–Crippen LogP) is 4.16. The van der Waals surface area contributed by atoms with E-state index in [-0.39, 0.29) is 0 Å². The number of nitrogens with zero attached hydrogens (tertiary/aromatic N) is 4. The first-order valence-corrected chi connectivity index (χ1v) is 11.8. The Morgan fingerprint density at radius 2 is 1.91 bits per heavy atom. The van der Waals surface area contributed by atoms with Crippen LogP contribution in [0.3, 0.4) is 0 Å². The van der Waals surface area contributed by atoms with Crippen molar-refractivity contribution in [3.8, 4) is 22.6 Å². The average Bonchev–Trinajstić information content (AvgIpc) is 3.59. The minimum atomic E-state index is 0.485. The topological polar surface area (TPSA) is 88.2 Å². The Labute approximate surface area is 199 Å². The van der Waals surface area contributed by atoms with Crippen molar-refractivity contribution in [2.75, 3.05) is 45.2 Å². The molecule has 0 aliphatic carbocycles. The molecule has 0 radical (unpaired) electrons. The number of methoxy groups -OCH3 is 1. The number of H-pyrrole nitrogens is 1. The van der Waals surface area contributed by atoms with Crippen LogP contribution in [0.4, 0.5) is 5.82 Å². The Hall–Kier alpha value is -3.65. The maximum atomic E-state index is 5.92. The highest BCUT2D eigenvalue weighted by Gasteiger charge is 2.13. The normalized spacial score (nSPS) is 13.9. The molecule has 8 heteroatoms. The molecule has 0 unspecified atom stereocenters. The second kappa shape index (κ2) is 10.5. The molecule has 2 N–H and O–H groups in total. The molecule has 0 atom stereocenters. The van der Waals surface area contributed by atoms with Crippen molar-refractivity contribution in [2.24, 2.45) is 0 Å². The van der Waals surface area contributed by atoms with E-state index in [9.17, 15) is 0 Å². The SMILES string of the molecule is COc1cccc(OCCc2nc(NCCN3CCCC3)c3cc(-c4cn[nH]c4)ccc3n2)c1. The Kier molecular flexibility index (Phi) is 6.86. The summed E-state index contributed by atoms with van der Waals surface area (Å²) in [6.07, 6.45) is 6.92. The van der Waals surface area contributed by atoms with Gasteiger partial charge in [0.2, 0.25) is 0 Å². The van der Waals surface area contributed by atoms with Crippen LogP contribution in [0.1, 0.15) is 18.7 Å². The number of ether oxygens (including phenoxy) is 2. The summed E-state index contributed by atoms with van der Waals surface area (Å²) < 4.78 is 11.2. The maximum absolute atomic E-state index is 5.92. The van der Waals surface area contributed by atoms with Crippen LogP contribution >= 0.6 is 0 Å². The summed E-state index contributed by atoms with van der Waals surface area (Å²) >= 11 is 0. The zero-order valence-corrected chi connectivity index (χ0v) is 19.5. The van der Waals surface area contributed by atoms with Crippen LogP contribution in [0, 0.1) is 0 Å². The predicted molar refractivity (Wildman–Crippen MR) is 133 cm³/mol. The third-order valence-electron chi connectivity index (χ3n) is 6.13. The van der Waals surface area contributed by atoms with Crippen LogP contribution in [-0.2, 0) is 6.42 Å². The van der Waals surface area contributed by atoms with Gasteiger partial charge in [-0.15, -0.1) is 0 Å². The van der Waals surface area contributed by atoms with Crippen molar-refractivity contribution in [1.82, 2.24) is 25.1 Å². The highest BCUT2D eigenvalue weighted by Crippen LogP contribution is 2.27. The Morgan fingerprint density at radius 3 is 2.74 bits per heavy atom. The van der Waals surface area contributed by atoms with Gasteiger partial charge in [-0.25, -0.2) is 9.97 Å². The van der Waals surface area contributed by atoms with Gasteiger partial charge in [0, 0.05) is 42.7 Å². The quantitative estimate of drug-likeness (QED) is 0.369. The minimum Gasteiger partial charge on any atom is -0.497 e. The largest absolute Gasteiger partial charge is 0.497 e. The molecular formula is C26H30N6O2. The fourth-order valence-corrected chi connectivity index (χ4v) is 4.30. The van der Waals surface area contributed by atoms with Crippen molar-refractivity contribution in [3.05, 3.63) is 60.7 Å². The fourth-order valence-electron chi connectivity index (χ4n) is 4.30. The molecule has 0 spiro atoms. The lowest BCUT2D eigenvalue weighted by atomic mass is 10.1. The van der Waals surface area contributed by atoms with Crippen LogP contribution < -0.4 is 14.8 Å². The van der Waals surface area contributed by atoms with Gasteiger partial charge in [-0.3, -0.25) is 5.10 Å². The molecule has 0 bridgehead atoms. The number of aromatic nitrogens is 4. The Bertz CT molecular complexity index is 1220. The smallest absolute Gasteiger partial charge is 0.137 e. The van der Waals surface area contributed by atoms with E-state index in [1.165, 1.54) is 25.9 Å². The molecule has 0 amide bonds. The molecule has 34 heavy (non-hydrogen) atoms. The molecule has 4 aromatic rings. The minimum absolute atomic E-state index is 0.485. The van der Waals surface area contributed by atoms with Gasteiger partial charge >= 0.3 is 0 Å². The van der Waals surface area contributed by atoms with Crippen LogP contribution in [0.15, 0.2) is 54.9 Å². The first kappa shape index (κ1) is 22.2. The summed E-state index contributed by atoms with van der Waals surface area (Å²) in [5.41, 5.74) is 3.05. The molecule has 1 saturated heterocycles. The number of nitrogens with one attached hydrogen (secondary N) is 2. The molecule has 1 aliphatic heterocycles. The molecule has 1 aliphatic rings. The summed E-state index contributed by atoms with van der Waals surface area (Å²) in [4.78, 5) is 12.2. The number of hydrogen-bond donors (Lipinski definition) is 2. The van der Waals surface area contributed by atoms with E-state index in [2.05, 4.69) is 38.6 Å². The van der Waals surface area contributed by atoms with E-state index in [0.29, 0.717) is 13.0 Å². The molecule has 8 nitrogen and oxygen atoms in total. The van der Waals surface area contributed by atoms with E-state index < -0.39 is 0 Å². The Balaban J connectivity index is 1.34. The lowest BCUT2D eigenvalue weighted by Gasteiger charge is -2.16. The van der Waals surface area contributed by atoms with Crippen molar-refractivity contribution in [1.29, 1.82) is 0 Å². The number of rotatable bonds is 10. The van der Waals surface area contributed by atoms with Crippen LogP contribution in [-0.4, -0.2) is 65.0 Å². The molecule has 2 aromatic heterocycles. The number of benzene rings is 2. The number of anilines is 1. The first-order valence-electron chi connectivity index (χ1n) is 11.8. The number of hydrogen-bond acceptors (Lipinski definition) is 7. The Morgan fingerprint density at radius 1 is 1.03 bits per heavy atom. The average molecular weight is 459 g/mol. The van der Waals surface area contributed by atoms with E-state index >= 15 is 0 Å². The monoisotopic (exact) mass is 458 g/mol. The van der Waals surface area contributed by atoms with E-state index in [1.54, 1.807) is 7.11 Å². The molecule has 0 saturated carbocycles. The van der Waals surface area contributed by atoms with Crippen LogP contribution in [0.5, 0.6) is 11.5 Å². The van der Waals surface area contributed by atoms with Gasteiger partial charge in [0.05, 0.1) is 25.4 Å².